The number of halogens is 1. The van der Waals surface area contributed by atoms with Gasteiger partial charge in [0.15, 0.2) is 11.5 Å². The minimum absolute atomic E-state index is 0.0507. The fourth-order valence-corrected chi connectivity index (χ4v) is 5.49. The normalized spacial score (nSPS) is 15.4. The van der Waals surface area contributed by atoms with E-state index in [0.29, 0.717) is 22.9 Å². The van der Waals surface area contributed by atoms with Crippen LogP contribution in [0.3, 0.4) is 0 Å². The Morgan fingerprint density at radius 3 is 2.50 bits per heavy atom. The number of rotatable bonds is 6. The lowest BCUT2D eigenvalue weighted by Gasteiger charge is -2.22. The Balaban J connectivity index is 1.82. The maximum Gasteiger partial charge on any atom is 0.268 e. The number of aromatic nitrogens is 1. The average molecular weight is 433 g/mol. The van der Waals surface area contributed by atoms with Gasteiger partial charge in [-0.2, -0.15) is 0 Å². The van der Waals surface area contributed by atoms with Crippen LogP contribution in [0.5, 0.6) is 11.5 Å². The van der Waals surface area contributed by atoms with Crippen LogP contribution < -0.4 is 14.8 Å². The van der Waals surface area contributed by atoms with Crippen LogP contribution in [0.15, 0.2) is 47.5 Å². The van der Waals surface area contributed by atoms with Crippen molar-refractivity contribution >= 4 is 20.9 Å². The summed E-state index contributed by atoms with van der Waals surface area (Å²) in [5.41, 5.74) is 1.26. The molecule has 0 spiro atoms. The van der Waals surface area contributed by atoms with Crippen molar-refractivity contribution in [1.29, 1.82) is 0 Å². The largest absolute Gasteiger partial charge is 0.493 e. The summed E-state index contributed by atoms with van der Waals surface area (Å²) >= 11 is 0. The first kappa shape index (κ1) is 20.7. The van der Waals surface area contributed by atoms with Gasteiger partial charge >= 0.3 is 0 Å². The molecule has 1 aliphatic rings. The highest BCUT2D eigenvalue weighted by molar-refractivity contribution is 7.90. The van der Waals surface area contributed by atoms with Crippen LogP contribution in [0.25, 0.3) is 10.9 Å². The second-order valence-corrected chi connectivity index (χ2v) is 9.35. The molecule has 2 aromatic carbocycles. The molecule has 160 valence electrons. The zero-order valence-corrected chi connectivity index (χ0v) is 17.8. The Morgan fingerprint density at radius 1 is 1.07 bits per heavy atom. The molecule has 0 radical (unpaired) electrons. The minimum Gasteiger partial charge on any atom is -0.493 e. The Morgan fingerprint density at radius 2 is 1.80 bits per heavy atom. The van der Waals surface area contributed by atoms with E-state index in [9.17, 15) is 12.8 Å². The third-order valence-electron chi connectivity index (χ3n) is 5.70. The number of piperidine rings is 1. The van der Waals surface area contributed by atoms with Gasteiger partial charge in [-0.1, -0.05) is 0 Å². The number of hydrogen-bond donors (Lipinski definition) is 1. The molecule has 0 unspecified atom stereocenters. The molecule has 0 bridgehead atoms. The number of fused-ring (bicyclic) bond motifs is 1. The first-order valence-electron chi connectivity index (χ1n) is 9.92. The summed E-state index contributed by atoms with van der Waals surface area (Å²) in [6.07, 6.45) is 4.48. The van der Waals surface area contributed by atoms with Gasteiger partial charge < -0.3 is 14.8 Å². The summed E-state index contributed by atoms with van der Waals surface area (Å²) in [7, 11) is -1.02. The van der Waals surface area contributed by atoms with Crippen LogP contribution in [-0.2, 0) is 16.4 Å². The van der Waals surface area contributed by atoms with Crippen molar-refractivity contribution in [3.63, 3.8) is 0 Å². The molecule has 1 aromatic heterocycles. The van der Waals surface area contributed by atoms with Gasteiger partial charge in [0.25, 0.3) is 10.0 Å². The van der Waals surface area contributed by atoms with Gasteiger partial charge in [0.2, 0.25) is 0 Å². The molecule has 8 heteroatoms. The van der Waals surface area contributed by atoms with Gasteiger partial charge in [-0.15, -0.1) is 0 Å². The van der Waals surface area contributed by atoms with Gasteiger partial charge in [0.05, 0.1) is 24.6 Å². The van der Waals surface area contributed by atoms with E-state index in [1.807, 2.05) is 0 Å². The van der Waals surface area contributed by atoms with E-state index >= 15 is 0 Å². The van der Waals surface area contributed by atoms with E-state index in [0.717, 1.165) is 43.3 Å². The lowest BCUT2D eigenvalue weighted by atomic mass is 9.91. The van der Waals surface area contributed by atoms with E-state index in [2.05, 4.69) is 5.32 Å². The highest BCUT2D eigenvalue weighted by Crippen LogP contribution is 2.33. The molecule has 1 aliphatic heterocycles. The average Bonchev–Trinajstić information content (AvgIpc) is 3.12. The summed E-state index contributed by atoms with van der Waals surface area (Å²) in [5.74, 6) is 0.750. The summed E-state index contributed by atoms with van der Waals surface area (Å²) < 4.78 is 52.6. The standard InChI is InChI=1S/C22H25FN2O4S/c1-28-21-6-4-18(13-22(21)29-2)30(26,27)25-14-16(11-15-7-9-24-10-8-15)19-5-3-17(23)12-20(19)25/h3-6,12-15,24H,7-11H2,1-2H3. The van der Waals surface area contributed by atoms with Crippen molar-refractivity contribution in [2.45, 2.75) is 24.2 Å². The van der Waals surface area contributed by atoms with Crippen LogP contribution >= 0.6 is 0 Å². The molecule has 1 saturated heterocycles. The van der Waals surface area contributed by atoms with E-state index in [-0.39, 0.29) is 4.90 Å². The zero-order valence-electron chi connectivity index (χ0n) is 17.0. The van der Waals surface area contributed by atoms with E-state index in [1.54, 1.807) is 18.3 Å². The Kier molecular flexibility index (Phi) is 5.71. The van der Waals surface area contributed by atoms with Gasteiger partial charge in [0.1, 0.15) is 5.82 Å². The van der Waals surface area contributed by atoms with Gasteiger partial charge in [-0.25, -0.2) is 16.8 Å². The smallest absolute Gasteiger partial charge is 0.268 e. The summed E-state index contributed by atoms with van der Waals surface area (Å²) in [6, 6.07) is 8.76. The summed E-state index contributed by atoms with van der Waals surface area (Å²) in [5, 5.41) is 4.11. The molecule has 0 atom stereocenters. The molecule has 1 fully saturated rings. The molecule has 3 aromatic rings. The van der Waals surface area contributed by atoms with Crippen molar-refractivity contribution in [3.05, 3.63) is 54.0 Å². The van der Waals surface area contributed by atoms with Crippen LogP contribution in [0.1, 0.15) is 18.4 Å². The molecular formula is C22H25FN2O4S. The highest BCUT2D eigenvalue weighted by Gasteiger charge is 2.24. The van der Waals surface area contributed by atoms with Crippen molar-refractivity contribution in [1.82, 2.24) is 9.29 Å². The maximum atomic E-state index is 14.0. The fraction of sp³-hybridized carbons (Fsp3) is 0.364. The number of nitrogens with one attached hydrogen (secondary N) is 1. The highest BCUT2D eigenvalue weighted by atomic mass is 32.2. The third-order valence-corrected chi connectivity index (χ3v) is 7.37. The lowest BCUT2D eigenvalue weighted by molar-refractivity contribution is 0.354. The van der Waals surface area contributed by atoms with Crippen LogP contribution in [-0.4, -0.2) is 39.7 Å². The SMILES string of the molecule is COc1ccc(S(=O)(=O)n2cc(CC3CCNCC3)c3ccc(F)cc32)cc1OC. The van der Waals surface area contributed by atoms with Gasteiger partial charge in [0, 0.05) is 17.6 Å². The number of nitrogens with zero attached hydrogens (tertiary/aromatic N) is 1. The molecule has 0 aliphatic carbocycles. The summed E-state index contributed by atoms with van der Waals surface area (Å²) in [4.78, 5) is 0.0507. The molecule has 2 heterocycles. The molecule has 4 rings (SSSR count). The maximum absolute atomic E-state index is 14.0. The number of hydrogen-bond acceptors (Lipinski definition) is 5. The molecule has 0 saturated carbocycles. The predicted octanol–water partition coefficient (Wildman–Crippen LogP) is 3.58. The third kappa shape index (κ3) is 3.77. The van der Waals surface area contributed by atoms with E-state index < -0.39 is 15.8 Å². The first-order valence-corrected chi connectivity index (χ1v) is 11.4. The molecule has 1 N–H and O–H groups in total. The molecule has 30 heavy (non-hydrogen) atoms. The van der Waals surface area contributed by atoms with Crippen molar-refractivity contribution in [2.75, 3.05) is 27.3 Å². The minimum atomic E-state index is -3.96. The van der Waals surface area contributed by atoms with E-state index in [1.165, 1.54) is 42.5 Å². The quantitative estimate of drug-likeness (QED) is 0.645. The van der Waals surface area contributed by atoms with Crippen molar-refractivity contribution in [3.8, 4) is 11.5 Å². The van der Waals surface area contributed by atoms with Gasteiger partial charge in [-0.3, -0.25) is 0 Å². The second-order valence-electron chi connectivity index (χ2n) is 7.53. The van der Waals surface area contributed by atoms with Gasteiger partial charge in [-0.05, 0) is 74.2 Å². The molecule has 6 nitrogen and oxygen atoms in total. The van der Waals surface area contributed by atoms with E-state index in [4.69, 9.17) is 9.47 Å². The lowest BCUT2D eigenvalue weighted by Crippen LogP contribution is -2.28. The summed E-state index contributed by atoms with van der Waals surface area (Å²) in [6.45, 7) is 1.92. The predicted molar refractivity (Wildman–Crippen MR) is 113 cm³/mol. The zero-order chi connectivity index (χ0) is 21.3. The number of methoxy groups -OCH3 is 2. The fourth-order valence-electron chi connectivity index (χ4n) is 4.09. The topological polar surface area (TPSA) is 69.6 Å². The van der Waals surface area contributed by atoms with Crippen LogP contribution in [0.2, 0.25) is 0 Å². The van der Waals surface area contributed by atoms with Crippen molar-refractivity contribution < 1.29 is 22.3 Å². The van der Waals surface area contributed by atoms with Crippen molar-refractivity contribution in [2.24, 2.45) is 5.92 Å². The number of benzene rings is 2. The Hall–Kier alpha value is -2.58. The second kappa shape index (κ2) is 8.28. The molecular weight excluding hydrogens is 407 g/mol. The molecule has 0 amide bonds. The first-order chi connectivity index (χ1) is 14.4. The van der Waals surface area contributed by atoms with Crippen LogP contribution in [0.4, 0.5) is 4.39 Å². The number of ether oxygens (including phenoxy) is 2. The Bertz CT molecular complexity index is 1170. The monoisotopic (exact) mass is 432 g/mol. The Labute approximate surface area is 175 Å². The van der Waals surface area contributed by atoms with Crippen LogP contribution in [0, 0.1) is 11.7 Å².